The monoisotopic (exact) mass is 434 g/mol. The Labute approximate surface area is 182 Å². The van der Waals surface area contributed by atoms with E-state index < -0.39 is 5.91 Å². The quantitative estimate of drug-likeness (QED) is 0.453. The smallest absolute Gasteiger partial charge is 0.291 e. The maximum Gasteiger partial charge on any atom is 0.291 e. The van der Waals surface area contributed by atoms with Gasteiger partial charge < -0.3 is 5.32 Å². The van der Waals surface area contributed by atoms with Crippen LogP contribution in [0.5, 0.6) is 0 Å². The lowest BCUT2D eigenvalue weighted by Gasteiger charge is -2.13. The fraction of sp³-hybridized carbons (Fsp3) is 0.182. The van der Waals surface area contributed by atoms with Crippen LogP contribution in [0.1, 0.15) is 21.9 Å². The summed E-state index contributed by atoms with van der Waals surface area (Å²) in [5.74, 6) is -0.397. The average molecular weight is 435 g/mol. The largest absolute Gasteiger partial charge is 0.358 e. The van der Waals surface area contributed by atoms with Crippen molar-refractivity contribution in [2.45, 2.75) is 13.8 Å². The van der Waals surface area contributed by atoms with E-state index in [4.69, 9.17) is 0 Å². The number of nitrogens with zero attached hydrogens (tertiary/aromatic N) is 4. The minimum absolute atomic E-state index is 0.191. The number of aryl methyl sites for hydroxylation is 2. The Morgan fingerprint density at radius 1 is 1.26 bits per heavy atom. The number of hydrogen-bond donors (Lipinski definition) is 2. The topological polar surface area (TPSA) is 93.8 Å². The highest BCUT2D eigenvalue weighted by Gasteiger charge is 2.19. The van der Waals surface area contributed by atoms with Gasteiger partial charge in [0.15, 0.2) is 10.8 Å². The molecule has 0 atom stereocenters. The van der Waals surface area contributed by atoms with E-state index in [1.807, 2.05) is 25.3 Å². The zero-order valence-electron chi connectivity index (χ0n) is 17.5. The van der Waals surface area contributed by atoms with Crippen LogP contribution in [0.2, 0.25) is 0 Å². The molecule has 0 saturated carbocycles. The van der Waals surface area contributed by atoms with E-state index in [-0.39, 0.29) is 11.3 Å². The highest BCUT2D eigenvalue weighted by molar-refractivity contribution is 7.14. The summed E-state index contributed by atoms with van der Waals surface area (Å²) in [5.41, 5.74) is 6.32. The van der Waals surface area contributed by atoms with Crippen LogP contribution >= 0.6 is 11.3 Å². The first kappa shape index (κ1) is 20.5. The second-order valence-electron chi connectivity index (χ2n) is 7.09. The van der Waals surface area contributed by atoms with Gasteiger partial charge in [0.05, 0.1) is 11.1 Å². The molecule has 0 bridgehead atoms. The summed E-state index contributed by atoms with van der Waals surface area (Å²) in [4.78, 5) is 30.1. The molecule has 4 aromatic rings. The maximum atomic E-state index is 13.1. The second kappa shape index (κ2) is 8.19. The van der Waals surface area contributed by atoms with Gasteiger partial charge in [-0.1, -0.05) is 24.3 Å². The molecule has 0 fully saturated rings. The minimum Gasteiger partial charge on any atom is -0.358 e. The number of anilines is 1. The van der Waals surface area contributed by atoms with E-state index >= 15 is 0 Å². The van der Waals surface area contributed by atoms with E-state index in [1.54, 1.807) is 35.0 Å². The summed E-state index contributed by atoms with van der Waals surface area (Å²) in [6.45, 7) is 8.17. The normalized spacial score (nSPS) is 10.9. The number of thiazole rings is 1. The lowest BCUT2D eigenvalue weighted by atomic mass is 10.1. The number of fused-ring (bicyclic) bond motifs is 1. The first-order valence-corrected chi connectivity index (χ1v) is 10.6. The fourth-order valence-electron chi connectivity index (χ4n) is 3.45. The van der Waals surface area contributed by atoms with Crippen LogP contribution in [0.3, 0.4) is 0 Å². The molecule has 1 amide bonds. The predicted molar refractivity (Wildman–Crippen MR) is 124 cm³/mol. The fourth-order valence-corrected chi connectivity index (χ4v) is 4.17. The molecule has 2 N–H and O–H groups in total. The summed E-state index contributed by atoms with van der Waals surface area (Å²) in [7, 11) is 1.54. The molecule has 0 radical (unpaired) electrons. The number of aromatic nitrogens is 4. The molecule has 0 aliphatic carbocycles. The Morgan fingerprint density at radius 2 is 2.00 bits per heavy atom. The van der Waals surface area contributed by atoms with Crippen molar-refractivity contribution in [3.05, 3.63) is 75.8 Å². The van der Waals surface area contributed by atoms with Gasteiger partial charge in [-0.2, -0.15) is 5.10 Å². The molecule has 31 heavy (non-hydrogen) atoms. The van der Waals surface area contributed by atoms with Gasteiger partial charge in [0.2, 0.25) is 0 Å². The van der Waals surface area contributed by atoms with Gasteiger partial charge in [0.1, 0.15) is 0 Å². The van der Waals surface area contributed by atoms with Crippen LogP contribution in [0.4, 0.5) is 5.13 Å². The van der Waals surface area contributed by atoms with E-state index in [1.165, 1.54) is 23.1 Å². The number of rotatable bonds is 6. The Hall–Kier alpha value is -3.72. The van der Waals surface area contributed by atoms with Crippen molar-refractivity contribution in [3.63, 3.8) is 0 Å². The van der Waals surface area contributed by atoms with Crippen molar-refractivity contribution in [1.29, 1.82) is 0 Å². The molecule has 1 aromatic carbocycles. The third-order valence-electron chi connectivity index (χ3n) is 4.99. The lowest BCUT2D eigenvalue weighted by Crippen LogP contribution is -2.29. The van der Waals surface area contributed by atoms with Crippen LogP contribution in [0, 0.1) is 13.8 Å². The molecule has 4 rings (SSSR count). The molecular formula is C22H22N6O2S. The minimum atomic E-state index is -0.397. The van der Waals surface area contributed by atoms with Crippen molar-refractivity contribution >= 4 is 33.1 Å². The van der Waals surface area contributed by atoms with Gasteiger partial charge >= 0.3 is 0 Å². The molecule has 0 unspecified atom stereocenters. The van der Waals surface area contributed by atoms with Crippen molar-refractivity contribution in [2.75, 3.05) is 17.3 Å². The van der Waals surface area contributed by atoms with E-state index in [0.29, 0.717) is 17.3 Å². The zero-order chi connectivity index (χ0) is 22.1. The van der Waals surface area contributed by atoms with Crippen molar-refractivity contribution in [2.24, 2.45) is 7.05 Å². The SMILES string of the molecule is C=CCNc1nc(-c2cc(C)n(NC(=O)c3nn(C)c(=O)c4ccccc34)c2C)cs1. The Balaban J connectivity index is 1.68. The number of benzene rings is 1. The summed E-state index contributed by atoms with van der Waals surface area (Å²) >= 11 is 1.51. The Kier molecular flexibility index (Phi) is 5.43. The zero-order valence-corrected chi connectivity index (χ0v) is 18.3. The molecular weight excluding hydrogens is 412 g/mol. The number of nitrogens with one attached hydrogen (secondary N) is 2. The molecule has 0 aliphatic heterocycles. The van der Waals surface area contributed by atoms with Crippen LogP contribution in [-0.2, 0) is 7.05 Å². The number of carbonyl (C=O) groups is 1. The third-order valence-corrected chi connectivity index (χ3v) is 5.79. The van der Waals surface area contributed by atoms with Crippen LogP contribution in [0.15, 0.2) is 53.2 Å². The third kappa shape index (κ3) is 3.75. The van der Waals surface area contributed by atoms with Crippen molar-refractivity contribution < 1.29 is 4.79 Å². The van der Waals surface area contributed by atoms with E-state index in [2.05, 4.69) is 27.4 Å². The van der Waals surface area contributed by atoms with Gasteiger partial charge in [-0.3, -0.25) is 19.7 Å². The summed E-state index contributed by atoms with van der Waals surface area (Å²) in [6.07, 6.45) is 1.78. The molecule has 0 saturated heterocycles. The molecule has 8 nitrogen and oxygen atoms in total. The molecule has 158 valence electrons. The predicted octanol–water partition coefficient (Wildman–Crippen LogP) is 3.46. The van der Waals surface area contributed by atoms with Gasteiger partial charge in [-0.15, -0.1) is 17.9 Å². The van der Waals surface area contributed by atoms with Crippen molar-refractivity contribution in [3.8, 4) is 11.3 Å². The number of amides is 1. The average Bonchev–Trinajstić information content (AvgIpc) is 3.34. The summed E-state index contributed by atoms with van der Waals surface area (Å²) < 4.78 is 2.90. The number of carbonyl (C=O) groups excluding carboxylic acids is 1. The van der Waals surface area contributed by atoms with Gasteiger partial charge in [0, 0.05) is 41.3 Å². The van der Waals surface area contributed by atoms with Crippen LogP contribution < -0.4 is 16.3 Å². The van der Waals surface area contributed by atoms with Crippen LogP contribution in [0.25, 0.3) is 22.0 Å². The first-order chi connectivity index (χ1) is 14.9. The highest BCUT2D eigenvalue weighted by Crippen LogP contribution is 2.29. The van der Waals surface area contributed by atoms with Gasteiger partial charge in [0.25, 0.3) is 11.5 Å². The standard InChI is InChI=1S/C22H22N6O2S/c1-5-10-23-22-24-18(12-31-22)17-11-13(2)28(14(17)3)26-20(29)19-15-8-6-7-9-16(15)21(30)27(4)25-19/h5-9,11-12H,1,10H2,2-4H3,(H,23,24)(H,26,29). The second-order valence-corrected chi connectivity index (χ2v) is 7.95. The van der Waals surface area contributed by atoms with E-state index in [0.717, 1.165) is 27.8 Å². The molecule has 0 spiro atoms. The maximum absolute atomic E-state index is 13.1. The lowest BCUT2D eigenvalue weighted by molar-refractivity contribution is 0.100. The molecule has 0 aliphatic rings. The van der Waals surface area contributed by atoms with Gasteiger partial charge in [-0.25, -0.2) is 9.67 Å². The highest BCUT2D eigenvalue weighted by atomic mass is 32.1. The van der Waals surface area contributed by atoms with Crippen LogP contribution in [-0.4, -0.2) is 31.9 Å². The van der Waals surface area contributed by atoms with E-state index in [9.17, 15) is 9.59 Å². The summed E-state index contributed by atoms with van der Waals surface area (Å²) in [6, 6.07) is 8.95. The van der Waals surface area contributed by atoms with Crippen molar-refractivity contribution in [1.82, 2.24) is 19.4 Å². The Morgan fingerprint density at radius 3 is 2.74 bits per heavy atom. The molecule has 3 heterocycles. The molecule has 9 heteroatoms. The first-order valence-electron chi connectivity index (χ1n) is 9.67. The van der Waals surface area contributed by atoms with Gasteiger partial charge in [-0.05, 0) is 26.0 Å². The number of hydrogen-bond acceptors (Lipinski definition) is 6. The molecule has 3 aromatic heterocycles. The Bertz CT molecular complexity index is 1360. The summed E-state index contributed by atoms with van der Waals surface area (Å²) in [5, 5.41) is 11.1.